The van der Waals surface area contributed by atoms with Crippen molar-refractivity contribution >= 4 is 21.6 Å². The van der Waals surface area contributed by atoms with Gasteiger partial charge in [-0.3, -0.25) is 4.98 Å². The Morgan fingerprint density at radius 1 is 1.47 bits per heavy atom. The molecule has 2 aromatic heterocycles. The van der Waals surface area contributed by atoms with Crippen LogP contribution in [0.5, 0.6) is 0 Å². The highest BCUT2D eigenvalue weighted by Crippen LogP contribution is 2.27. The molecule has 0 atom stereocenters. The lowest BCUT2D eigenvalue weighted by Crippen LogP contribution is -1.99. The lowest BCUT2D eigenvalue weighted by molar-refractivity contribution is 0.718. The van der Waals surface area contributed by atoms with Crippen LogP contribution < -0.4 is 5.73 Å². The predicted molar refractivity (Wildman–Crippen MR) is 61.1 cm³/mol. The number of hydrogen-bond donors (Lipinski definition) is 1. The SMILES string of the molecule is Cc1cc(N)cnc1-c1c(Br)nnn1C. The molecule has 0 spiro atoms. The van der Waals surface area contributed by atoms with Gasteiger partial charge in [0.2, 0.25) is 0 Å². The Morgan fingerprint density at radius 3 is 2.73 bits per heavy atom. The number of hydrogen-bond acceptors (Lipinski definition) is 4. The Hall–Kier alpha value is -1.43. The molecule has 2 heterocycles. The van der Waals surface area contributed by atoms with Gasteiger partial charge in [0.1, 0.15) is 5.69 Å². The van der Waals surface area contributed by atoms with Crippen LogP contribution in [0, 0.1) is 6.92 Å². The Balaban J connectivity index is 2.64. The molecule has 0 aliphatic rings. The zero-order valence-corrected chi connectivity index (χ0v) is 9.98. The molecular weight excluding hydrogens is 258 g/mol. The maximum absolute atomic E-state index is 5.64. The zero-order chi connectivity index (χ0) is 11.0. The normalized spacial score (nSPS) is 10.6. The van der Waals surface area contributed by atoms with Gasteiger partial charge in [0.25, 0.3) is 0 Å². The van der Waals surface area contributed by atoms with Crippen molar-refractivity contribution in [1.82, 2.24) is 20.0 Å². The first-order valence-corrected chi connectivity index (χ1v) is 5.16. The monoisotopic (exact) mass is 267 g/mol. The van der Waals surface area contributed by atoms with E-state index in [2.05, 4.69) is 31.2 Å². The van der Waals surface area contributed by atoms with Crippen molar-refractivity contribution in [2.45, 2.75) is 6.92 Å². The Labute approximate surface area is 95.4 Å². The van der Waals surface area contributed by atoms with Crippen LogP contribution in [0.2, 0.25) is 0 Å². The van der Waals surface area contributed by atoms with E-state index in [1.807, 2.05) is 20.0 Å². The summed E-state index contributed by atoms with van der Waals surface area (Å²) in [5.74, 6) is 0. The van der Waals surface area contributed by atoms with Gasteiger partial charge in [-0.05, 0) is 34.5 Å². The smallest absolute Gasteiger partial charge is 0.157 e. The standard InChI is InChI=1S/C9H10BrN5/c1-5-3-6(11)4-12-7(5)8-9(10)13-14-15(8)2/h3-4H,11H2,1-2H3. The van der Waals surface area contributed by atoms with Gasteiger partial charge in [0, 0.05) is 7.05 Å². The minimum absolute atomic E-state index is 0.655. The molecule has 0 saturated heterocycles. The van der Waals surface area contributed by atoms with Crippen LogP contribution in [-0.4, -0.2) is 20.0 Å². The average Bonchev–Trinajstić information content (AvgIpc) is 2.48. The lowest BCUT2D eigenvalue weighted by atomic mass is 10.1. The number of pyridine rings is 1. The number of anilines is 1. The zero-order valence-electron chi connectivity index (χ0n) is 8.40. The van der Waals surface area contributed by atoms with Crippen molar-refractivity contribution in [3.05, 3.63) is 22.4 Å². The van der Waals surface area contributed by atoms with E-state index in [1.54, 1.807) is 10.9 Å². The number of aromatic nitrogens is 4. The van der Waals surface area contributed by atoms with Crippen LogP contribution in [0.3, 0.4) is 0 Å². The van der Waals surface area contributed by atoms with Gasteiger partial charge in [0.15, 0.2) is 4.60 Å². The number of nitrogens with two attached hydrogens (primary N) is 1. The molecule has 0 aliphatic carbocycles. The molecule has 15 heavy (non-hydrogen) atoms. The minimum Gasteiger partial charge on any atom is -0.397 e. The number of nitrogens with zero attached hydrogens (tertiary/aromatic N) is 4. The van der Waals surface area contributed by atoms with Gasteiger partial charge >= 0.3 is 0 Å². The minimum atomic E-state index is 0.655. The van der Waals surface area contributed by atoms with Crippen molar-refractivity contribution < 1.29 is 0 Å². The second kappa shape index (κ2) is 3.62. The van der Waals surface area contributed by atoms with Crippen LogP contribution >= 0.6 is 15.9 Å². The summed E-state index contributed by atoms with van der Waals surface area (Å²) in [5.41, 5.74) is 8.99. The third-order valence-electron chi connectivity index (χ3n) is 2.11. The van der Waals surface area contributed by atoms with Crippen molar-refractivity contribution in [3.8, 4) is 11.4 Å². The summed E-state index contributed by atoms with van der Waals surface area (Å²) in [6.07, 6.45) is 1.63. The Kier molecular flexibility index (Phi) is 2.44. The third kappa shape index (κ3) is 1.72. The van der Waals surface area contributed by atoms with Crippen molar-refractivity contribution in [3.63, 3.8) is 0 Å². The molecule has 2 aromatic rings. The molecule has 2 rings (SSSR count). The van der Waals surface area contributed by atoms with Gasteiger partial charge < -0.3 is 5.73 Å². The number of nitrogen functional groups attached to an aromatic ring is 1. The van der Waals surface area contributed by atoms with E-state index >= 15 is 0 Å². The van der Waals surface area contributed by atoms with E-state index in [-0.39, 0.29) is 0 Å². The number of halogens is 1. The Bertz CT molecular complexity index is 486. The fourth-order valence-electron chi connectivity index (χ4n) is 1.43. The molecule has 0 unspecified atom stereocenters. The topological polar surface area (TPSA) is 69.6 Å². The van der Waals surface area contributed by atoms with E-state index in [1.165, 1.54) is 0 Å². The first-order valence-electron chi connectivity index (χ1n) is 4.37. The first-order chi connectivity index (χ1) is 7.09. The molecule has 5 nitrogen and oxygen atoms in total. The van der Waals surface area contributed by atoms with E-state index in [4.69, 9.17) is 5.73 Å². The van der Waals surface area contributed by atoms with E-state index in [9.17, 15) is 0 Å². The molecule has 0 amide bonds. The Morgan fingerprint density at radius 2 is 2.20 bits per heavy atom. The molecule has 0 saturated carbocycles. The van der Waals surface area contributed by atoms with Crippen LogP contribution in [-0.2, 0) is 7.05 Å². The van der Waals surface area contributed by atoms with Gasteiger partial charge in [-0.15, -0.1) is 5.10 Å². The van der Waals surface area contributed by atoms with E-state index < -0.39 is 0 Å². The van der Waals surface area contributed by atoms with E-state index in [0.717, 1.165) is 17.0 Å². The van der Waals surface area contributed by atoms with Crippen LogP contribution in [0.15, 0.2) is 16.9 Å². The average molecular weight is 268 g/mol. The van der Waals surface area contributed by atoms with Crippen molar-refractivity contribution in [2.24, 2.45) is 7.05 Å². The summed E-state index contributed by atoms with van der Waals surface area (Å²) in [4.78, 5) is 4.29. The highest BCUT2D eigenvalue weighted by atomic mass is 79.9. The van der Waals surface area contributed by atoms with Gasteiger partial charge in [-0.2, -0.15) is 0 Å². The molecule has 6 heteroatoms. The van der Waals surface area contributed by atoms with Gasteiger partial charge in [0.05, 0.1) is 17.6 Å². The molecule has 0 bridgehead atoms. The molecule has 0 radical (unpaired) electrons. The first kappa shape index (κ1) is 10.1. The fourth-order valence-corrected chi connectivity index (χ4v) is 1.94. The molecule has 0 aromatic carbocycles. The molecule has 2 N–H and O–H groups in total. The maximum Gasteiger partial charge on any atom is 0.157 e. The highest BCUT2D eigenvalue weighted by molar-refractivity contribution is 9.10. The van der Waals surface area contributed by atoms with Crippen LogP contribution in [0.25, 0.3) is 11.4 Å². The fraction of sp³-hybridized carbons (Fsp3) is 0.222. The summed E-state index contributed by atoms with van der Waals surface area (Å²) in [5, 5.41) is 7.82. The summed E-state index contributed by atoms with van der Waals surface area (Å²) in [6, 6.07) is 1.88. The number of rotatable bonds is 1. The lowest BCUT2D eigenvalue weighted by Gasteiger charge is -2.05. The molecule has 0 fully saturated rings. The van der Waals surface area contributed by atoms with Crippen LogP contribution in [0.1, 0.15) is 5.56 Å². The third-order valence-corrected chi connectivity index (χ3v) is 2.64. The number of aryl methyl sites for hydroxylation is 2. The quantitative estimate of drug-likeness (QED) is 0.851. The van der Waals surface area contributed by atoms with Crippen LogP contribution in [0.4, 0.5) is 5.69 Å². The predicted octanol–water partition coefficient (Wildman–Crippen LogP) is 1.53. The van der Waals surface area contributed by atoms with Crippen molar-refractivity contribution in [1.29, 1.82) is 0 Å². The van der Waals surface area contributed by atoms with E-state index in [0.29, 0.717) is 10.3 Å². The molecule has 0 aliphatic heterocycles. The van der Waals surface area contributed by atoms with Crippen molar-refractivity contribution in [2.75, 3.05) is 5.73 Å². The summed E-state index contributed by atoms with van der Waals surface area (Å²) >= 11 is 3.34. The highest BCUT2D eigenvalue weighted by Gasteiger charge is 2.13. The molecular formula is C9H10BrN5. The second-order valence-corrected chi connectivity index (χ2v) is 4.04. The second-order valence-electron chi connectivity index (χ2n) is 3.29. The van der Waals surface area contributed by atoms with Gasteiger partial charge in [-0.1, -0.05) is 5.21 Å². The van der Waals surface area contributed by atoms with Gasteiger partial charge in [-0.25, -0.2) is 4.68 Å². The summed E-state index contributed by atoms with van der Waals surface area (Å²) in [7, 11) is 1.82. The maximum atomic E-state index is 5.64. The summed E-state index contributed by atoms with van der Waals surface area (Å²) in [6.45, 7) is 1.96. The summed E-state index contributed by atoms with van der Waals surface area (Å²) < 4.78 is 2.36. The largest absolute Gasteiger partial charge is 0.397 e. The molecule has 78 valence electrons.